The van der Waals surface area contributed by atoms with Gasteiger partial charge in [-0.05, 0) is 12.0 Å². The van der Waals surface area contributed by atoms with E-state index in [-0.39, 0.29) is 6.61 Å². The topological polar surface area (TPSA) is 55.9 Å². The number of aryl methyl sites for hydroxylation is 3. The number of rotatable bonds is 4. The highest BCUT2D eigenvalue weighted by atomic mass is 16.3. The maximum absolute atomic E-state index is 8.87. The van der Waals surface area contributed by atoms with Gasteiger partial charge in [0.05, 0.1) is 19.0 Å². The fourth-order valence-corrected chi connectivity index (χ4v) is 1.45. The summed E-state index contributed by atoms with van der Waals surface area (Å²) < 4.78 is 3.62. The molecule has 0 aromatic carbocycles. The first-order valence-electron chi connectivity index (χ1n) is 4.87. The minimum Gasteiger partial charge on any atom is -0.392 e. The van der Waals surface area contributed by atoms with Crippen LogP contribution in [-0.2, 0) is 26.6 Å². The van der Waals surface area contributed by atoms with Crippen molar-refractivity contribution in [3.05, 3.63) is 35.9 Å². The molecule has 80 valence electrons. The Hall–Kier alpha value is -1.62. The lowest BCUT2D eigenvalue weighted by Gasteiger charge is -1.98. The van der Waals surface area contributed by atoms with Gasteiger partial charge in [0.15, 0.2) is 0 Å². The van der Waals surface area contributed by atoms with E-state index in [1.54, 1.807) is 10.9 Å². The van der Waals surface area contributed by atoms with E-state index >= 15 is 0 Å². The molecule has 5 heteroatoms. The molecule has 0 aliphatic carbocycles. The minimum absolute atomic E-state index is 0.0485. The van der Waals surface area contributed by atoms with Crippen LogP contribution >= 0.6 is 0 Å². The molecule has 0 bridgehead atoms. The van der Waals surface area contributed by atoms with Crippen molar-refractivity contribution in [2.24, 2.45) is 7.05 Å². The van der Waals surface area contributed by atoms with Crippen LogP contribution in [0.4, 0.5) is 0 Å². The molecule has 0 unspecified atom stereocenters. The number of aromatic nitrogens is 4. The van der Waals surface area contributed by atoms with Crippen molar-refractivity contribution in [1.82, 2.24) is 19.6 Å². The summed E-state index contributed by atoms with van der Waals surface area (Å²) in [5, 5.41) is 17.1. The van der Waals surface area contributed by atoms with Crippen LogP contribution in [0.5, 0.6) is 0 Å². The number of nitrogens with zero attached hydrogens (tertiary/aromatic N) is 4. The van der Waals surface area contributed by atoms with Crippen molar-refractivity contribution in [1.29, 1.82) is 0 Å². The summed E-state index contributed by atoms with van der Waals surface area (Å²) in [5.74, 6) is 0. The second-order valence-electron chi connectivity index (χ2n) is 3.54. The lowest BCUT2D eigenvalue weighted by molar-refractivity contribution is 0.281. The number of hydrogen-bond donors (Lipinski definition) is 1. The number of aliphatic hydroxyl groups excluding tert-OH is 1. The summed E-state index contributed by atoms with van der Waals surface area (Å²) in [6.45, 7) is 0.860. The van der Waals surface area contributed by atoms with E-state index in [0.717, 1.165) is 18.5 Å². The van der Waals surface area contributed by atoms with Crippen LogP contribution in [0.3, 0.4) is 0 Å². The summed E-state index contributed by atoms with van der Waals surface area (Å²) in [4.78, 5) is 0. The van der Waals surface area contributed by atoms with Crippen LogP contribution in [-0.4, -0.2) is 24.7 Å². The molecule has 2 aromatic heterocycles. The van der Waals surface area contributed by atoms with E-state index in [2.05, 4.69) is 10.2 Å². The SMILES string of the molecule is Cn1cc(CCn2cc(CO)cn2)cn1. The minimum atomic E-state index is 0.0485. The summed E-state index contributed by atoms with van der Waals surface area (Å²) in [6.07, 6.45) is 8.30. The molecule has 0 aliphatic rings. The lowest BCUT2D eigenvalue weighted by atomic mass is 10.2. The van der Waals surface area contributed by atoms with E-state index in [4.69, 9.17) is 5.11 Å². The fourth-order valence-electron chi connectivity index (χ4n) is 1.45. The van der Waals surface area contributed by atoms with Crippen LogP contribution in [0.1, 0.15) is 11.1 Å². The summed E-state index contributed by atoms with van der Waals surface area (Å²) in [6, 6.07) is 0. The van der Waals surface area contributed by atoms with Crippen LogP contribution in [0.25, 0.3) is 0 Å². The molecule has 15 heavy (non-hydrogen) atoms. The van der Waals surface area contributed by atoms with Gasteiger partial charge in [-0.15, -0.1) is 0 Å². The van der Waals surface area contributed by atoms with Crippen molar-refractivity contribution >= 4 is 0 Å². The van der Waals surface area contributed by atoms with Crippen LogP contribution in [0.2, 0.25) is 0 Å². The third-order valence-electron chi connectivity index (χ3n) is 2.26. The Kier molecular flexibility index (Phi) is 2.82. The van der Waals surface area contributed by atoms with E-state index in [1.807, 2.05) is 30.3 Å². The summed E-state index contributed by atoms with van der Waals surface area (Å²) in [7, 11) is 1.90. The largest absolute Gasteiger partial charge is 0.392 e. The molecule has 2 aromatic rings. The zero-order chi connectivity index (χ0) is 10.7. The Morgan fingerprint density at radius 1 is 1.20 bits per heavy atom. The third kappa shape index (κ3) is 2.44. The second-order valence-corrected chi connectivity index (χ2v) is 3.54. The van der Waals surface area contributed by atoms with Crippen LogP contribution in [0.15, 0.2) is 24.8 Å². The molecule has 5 nitrogen and oxygen atoms in total. The third-order valence-corrected chi connectivity index (χ3v) is 2.26. The smallest absolute Gasteiger partial charge is 0.0712 e. The van der Waals surface area contributed by atoms with E-state index < -0.39 is 0 Å². The first-order chi connectivity index (χ1) is 7.28. The van der Waals surface area contributed by atoms with Crippen LogP contribution in [0, 0.1) is 0 Å². The van der Waals surface area contributed by atoms with E-state index in [9.17, 15) is 0 Å². The normalized spacial score (nSPS) is 10.8. The average Bonchev–Trinajstić information content (AvgIpc) is 2.83. The van der Waals surface area contributed by atoms with Crippen molar-refractivity contribution < 1.29 is 5.11 Å². The Labute approximate surface area is 88.0 Å². The molecule has 0 atom stereocenters. The monoisotopic (exact) mass is 206 g/mol. The highest BCUT2D eigenvalue weighted by molar-refractivity contribution is 5.05. The molecule has 0 fully saturated rings. The average molecular weight is 206 g/mol. The van der Waals surface area contributed by atoms with Gasteiger partial charge in [-0.25, -0.2) is 0 Å². The Balaban J connectivity index is 1.93. The quantitative estimate of drug-likeness (QED) is 0.785. The van der Waals surface area contributed by atoms with Gasteiger partial charge in [0, 0.05) is 31.5 Å². The Bertz CT molecular complexity index is 432. The molecular formula is C10H14N4O. The predicted molar refractivity (Wildman–Crippen MR) is 55.1 cm³/mol. The molecule has 0 saturated heterocycles. The van der Waals surface area contributed by atoms with Gasteiger partial charge >= 0.3 is 0 Å². The molecule has 1 N–H and O–H groups in total. The molecule has 2 rings (SSSR count). The van der Waals surface area contributed by atoms with Crippen molar-refractivity contribution in [3.8, 4) is 0 Å². The molecule has 0 spiro atoms. The van der Waals surface area contributed by atoms with Crippen molar-refractivity contribution in [3.63, 3.8) is 0 Å². The first-order valence-corrected chi connectivity index (χ1v) is 4.87. The van der Waals surface area contributed by atoms with Gasteiger partial charge in [-0.2, -0.15) is 10.2 Å². The highest BCUT2D eigenvalue weighted by Crippen LogP contribution is 2.02. The molecular weight excluding hydrogens is 192 g/mol. The molecule has 0 radical (unpaired) electrons. The number of aliphatic hydroxyl groups is 1. The van der Waals surface area contributed by atoms with Crippen LogP contribution < -0.4 is 0 Å². The molecule has 0 aliphatic heterocycles. The van der Waals surface area contributed by atoms with Gasteiger partial charge < -0.3 is 5.11 Å². The maximum atomic E-state index is 8.87. The Morgan fingerprint density at radius 2 is 2.00 bits per heavy atom. The van der Waals surface area contributed by atoms with Gasteiger partial charge in [-0.3, -0.25) is 9.36 Å². The Morgan fingerprint density at radius 3 is 2.60 bits per heavy atom. The summed E-state index contributed by atoms with van der Waals surface area (Å²) >= 11 is 0. The predicted octanol–water partition coefficient (Wildman–Crippen LogP) is 0.352. The lowest BCUT2D eigenvalue weighted by Crippen LogP contribution is -2.01. The molecule has 2 heterocycles. The molecule has 0 saturated carbocycles. The number of hydrogen-bond acceptors (Lipinski definition) is 3. The first kappa shape index (κ1) is 9.92. The zero-order valence-corrected chi connectivity index (χ0v) is 8.67. The standard InChI is InChI=1S/C10H14N4O/c1-13-6-9(4-11-13)2-3-14-7-10(8-15)5-12-14/h4-7,15H,2-3,8H2,1H3. The van der Waals surface area contributed by atoms with Gasteiger partial charge in [-0.1, -0.05) is 0 Å². The van der Waals surface area contributed by atoms with Crippen molar-refractivity contribution in [2.75, 3.05) is 0 Å². The van der Waals surface area contributed by atoms with E-state index in [0.29, 0.717) is 0 Å². The zero-order valence-electron chi connectivity index (χ0n) is 8.67. The van der Waals surface area contributed by atoms with Crippen molar-refractivity contribution in [2.45, 2.75) is 19.6 Å². The summed E-state index contributed by atoms with van der Waals surface area (Å²) in [5.41, 5.74) is 2.04. The van der Waals surface area contributed by atoms with Gasteiger partial charge in [0.2, 0.25) is 0 Å². The maximum Gasteiger partial charge on any atom is 0.0712 e. The second kappa shape index (κ2) is 4.27. The van der Waals surface area contributed by atoms with Gasteiger partial charge in [0.1, 0.15) is 0 Å². The van der Waals surface area contributed by atoms with E-state index in [1.165, 1.54) is 5.56 Å². The molecule has 0 amide bonds. The highest BCUT2D eigenvalue weighted by Gasteiger charge is 1.99. The fraction of sp³-hybridized carbons (Fsp3) is 0.400. The van der Waals surface area contributed by atoms with Gasteiger partial charge in [0.25, 0.3) is 0 Å².